The van der Waals surface area contributed by atoms with Crippen LogP contribution in [0.3, 0.4) is 0 Å². The molecule has 2 N–H and O–H groups in total. The van der Waals surface area contributed by atoms with Crippen LogP contribution >= 0.6 is 0 Å². The van der Waals surface area contributed by atoms with Gasteiger partial charge in [0.05, 0.1) is 18.2 Å². The Morgan fingerprint density at radius 3 is 3.18 bits per heavy atom. The fraction of sp³-hybridized carbons (Fsp3) is 0.571. The second-order valence-corrected chi connectivity index (χ2v) is 2.39. The first-order valence-electron chi connectivity index (χ1n) is 3.69. The van der Waals surface area contributed by atoms with Gasteiger partial charge in [0.1, 0.15) is 6.61 Å². The van der Waals surface area contributed by atoms with Crippen LogP contribution < -0.4 is 5.90 Å². The summed E-state index contributed by atoms with van der Waals surface area (Å²) < 4.78 is 2.03. The van der Waals surface area contributed by atoms with Crippen molar-refractivity contribution in [1.29, 1.82) is 0 Å². The van der Waals surface area contributed by atoms with E-state index in [2.05, 4.69) is 16.7 Å². The van der Waals surface area contributed by atoms with Crippen LogP contribution in [0, 0.1) is 0 Å². The molecule has 0 aliphatic carbocycles. The van der Waals surface area contributed by atoms with Gasteiger partial charge in [-0.25, -0.2) is 10.9 Å². The number of hydrogen-bond donors (Lipinski definition) is 1. The van der Waals surface area contributed by atoms with Crippen LogP contribution in [0.4, 0.5) is 0 Å². The van der Waals surface area contributed by atoms with Crippen LogP contribution in [0.15, 0.2) is 12.5 Å². The fourth-order valence-electron chi connectivity index (χ4n) is 0.996. The maximum atomic E-state index is 4.94. The highest BCUT2D eigenvalue weighted by Crippen LogP contribution is 2.00. The Balaban J connectivity index is 2.62. The van der Waals surface area contributed by atoms with Crippen molar-refractivity contribution >= 4 is 0 Å². The molecular weight excluding hydrogens is 142 g/mol. The highest BCUT2D eigenvalue weighted by molar-refractivity contribution is 4.95. The van der Waals surface area contributed by atoms with E-state index in [1.165, 1.54) is 0 Å². The summed E-state index contributed by atoms with van der Waals surface area (Å²) in [5, 5.41) is 0. The molecule has 0 aliphatic heterocycles. The van der Waals surface area contributed by atoms with Crippen molar-refractivity contribution in [3.8, 4) is 0 Å². The molecule has 1 heterocycles. The van der Waals surface area contributed by atoms with E-state index in [9.17, 15) is 0 Å². The molecule has 0 unspecified atom stereocenters. The van der Waals surface area contributed by atoms with E-state index in [1.54, 1.807) is 12.5 Å². The molecule has 0 amide bonds. The summed E-state index contributed by atoms with van der Waals surface area (Å²) in [6.07, 6.45) is 4.65. The summed E-state index contributed by atoms with van der Waals surface area (Å²) in [5.41, 5.74) is 1.02. The topological polar surface area (TPSA) is 53.1 Å². The first kappa shape index (κ1) is 8.23. The molecule has 1 rings (SSSR count). The second kappa shape index (κ2) is 4.10. The lowest BCUT2D eigenvalue weighted by Gasteiger charge is -2.03. The van der Waals surface area contributed by atoms with Gasteiger partial charge in [-0.3, -0.25) is 4.84 Å². The van der Waals surface area contributed by atoms with Gasteiger partial charge < -0.3 is 4.57 Å². The molecular formula is C7H13N3O. The Labute approximate surface area is 65.9 Å². The lowest BCUT2D eigenvalue weighted by atomic mass is 10.4. The van der Waals surface area contributed by atoms with Gasteiger partial charge in [0, 0.05) is 6.54 Å². The normalized spacial score (nSPS) is 10.4. The summed E-state index contributed by atoms with van der Waals surface area (Å²) in [6, 6.07) is 0. The molecule has 0 saturated carbocycles. The van der Waals surface area contributed by atoms with Crippen molar-refractivity contribution in [2.24, 2.45) is 5.90 Å². The minimum Gasteiger partial charge on any atom is -0.333 e. The van der Waals surface area contributed by atoms with E-state index in [0.717, 1.165) is 18.7 Å². The van der Waals surface area contributed by atoms with Crippen LogP contribution in [-0.4, -0.2) is 9.55 Å². The monoisotopic (exact) mass is 155 g/mol. The minimum absolute atomic E-state index is 0.431. The van der Waals surface area contributed by atoms with E-state index in [-0.39, 0.29) is 0 Å². The van der Waals surface area contributed by atoms with Crippen LogP contribution in [0.1, 0.15) is 19.0 Å². The quantitative estimate of drug-likeness (QED) is 0.650. The summed E-state index contributed by atoms with van der Waals surface area (Å²) in [5.74, 6) is 4.94. The predicted molar refractivity (Wildman–Crippen MR) is 41.5 cm³/mol. The van der Waals surface area contributed by atoms with Gasteiger partial charge in [-0.15, -0.1) is 0 Å². The zero-order chi connectivity index (χ0) is 8.10. The molecule has 1 aromatic rings. The molecule has 0 radical (unpaired) electrons. The molecule has 4 heteroatoms. The molecule has 1 aromatic heterocycles. The molecule has 0 aromatic carbocycles. The minimum atomic E-state index is 0.431. The largest absolute Gasteiger partial charge is 0.333 e. The van der Waals surface area contributed by atoms with Crippen molar-refractivity contribution < 1.29 is 4.84 Å². The van der Waals surface area contributed by atoms with Gasteiger partial charge in [-0.2, -0.15) is 0 Å². The van der Waals surface area contributed by atoms with Crippen LogP contribution in [-0.2, 0) is 18.0 Å². The first-order valence-corrected chi connectivity index (χ1v) is 3.69. The average molecular weight is 155 g/mol. The fourth-order valence-corrected chi connectivity index (χ4v) is 0.996. The van der Waals surface area contributed by atoms with Gasteiger partial charge >= 0.3 is 0 Å². The lowest BCUT2D eigenvalue weighted by molar-refractivity contribution is 0.118. The molecule has 0 aliphatic rings. The van der Waals surface area contributed by atoms with Gasteiger partial charge in [-0.1, -0.05) is 6.92 Å². The Kier molecular flexibility index (Phi) is 3.07. The van der Waals surface area contributed by atoms with E-state index < -0.39 is 0 Å². The summed E-state index contributed by atoms with van der Waals surface area (Å²) in [4.78, 5) is 8.50. The molecule has 11 heavy (non-hydrogen) atoms. The molecule has 0 atom stereocenters. The van der Waals surface area contributed by atoms with Gasteiger partial charge in [0.15, 0.2) is 0 Å². The first-order chi connectivity index (χ1) is 5.38. The number of rotatable bonds is 4. The zero-order valence-corrected chi connectivity index (χ0v) is 6.66. The predicted octanol–water partition coefficient (Wildman–Crippen LogP) is 0.683. The number of nitrogens with two attached hydrogens (primary N) is 1. The van der Waals surface area contributed by atoms with E-state index in [4.69, 9.17) is 5.90 Å². The molecule has 0 spiro atoms. The third-order valence-corrected chi connectivity index (χ3v) is 1.49. The zero-order valence-electron chi connectivity index (χ0n) is 6.66. The number of nitrogens with zero attached hydrogens (tertiary/aromatic N) is 2. The standard InChI is InChI=1S/C7H13N3O/c1-2-3-10-6-9-4-7(10)5-11-8/h4,6H,2-3,5,8H2,1H3. The van der Waals surface area contributed by atoms with E-state index in [0.29, 0.717) is 6.61 Å². The molecule has 62 valence electrons. The highest BCUT2D eigenvalue weighted by Gasteiger charge is 1.98. The smallest absolute Gasteiger partial charge is 0.110 e. The Hall–Kier alpha value is -0.870. The number of aromatic nitrogens is 2. The number of imidazole rings is 1. The summed E-state index contributed by atoms with van der Waals surface area (Å²) in [6.45, 7) is 3.52. The maximum Gasteiger partial charge on any atom is 0.110 e. The van der Waals surface area contributed by atoms with Crippen molar-refractivity contribution in [3.63, 3.8) is 0 Å². The third-order valence-electron chi connectivity index (χ3n) is 1.49. The third kappa shape index (κ3) is 2.03. The van der Waals surface area contributed by atoms with Crippen LogP contribution in [0.5, 0.6) is 0 Å². The van der Waals surface area contributed by atoms with Crippen molar-refractivity contribution in [2.75, 3.05) is 0 Å². The lowest BCUT2D eigenvalue weighted by Crippen LogP contribution is -2.05. The maximum absolute atomic E-state index is 4.94. The van der Waals surface area contributed by atoms with Gasteiger partial charge in [-0.05, 0) is 6.42 Å². The highest BCUT2D eigenvalue weighted by atomic mass is 16.6. The Morgan fingerprint density at radius 1 is 1.73 bits per heavy atom. The Bertz CT molecular complexity index is 189. The Morgan fingerprint density at radius 2 is 2.55 bits per heavy atom. The number of aryl methyl sites for hydroxylation is 1. The molecule has 0 saturated heterocycles. The molecule has 4 nitrogen and oxygen atoms in total. The van der Waals surface area contributed by atoms with Crippen LogP contribution in [0.25, 0.3) is 0 Å². The summed E-state index contributed by atoms with van der Waals surface area (Å²) in [7, 11) is 0. The summed E-state index contributed by atoms with van der Waals surface area (Å²) >= 11 is 0. The average Bonchev–Trinajstić information content (AvgIpc) is 2.39. The van der Waals surface area contributed by atoms with Gasteiger partial charge in [0.25, 0.3) is 0 Å². The van der Waals surface area contributed by atoms with E-state index >= 15 is 0 Å². The SMILES string of the molecule is CCCn1cncc1CON. The second-order valence-electron chi connectivity index (χ2n) is 2.39. The van der Waals surface area contributed by atoms with Crippen LogP contribution in [0.2, 0.25) is 0 Å². The van der Waals surface area contributed by atoms with Gasteiger partial charge in [0.2, 0.25) is 0 Å². The van der Waals surface area contributed by atoms with Crippen molar-refractivity contribution in [3.05, 3.63) is 18.2 Å². The molecule has 0 fully saturated rings. The molecule has 0 bridgehead atoms. The number of hydrogen-bond acceptors (Lipinski definition) is 3. The van der Waals surface area contributed by atoms with Crippen molar-refractivity contribution in [1.82, 2.24) is 9.55 Å². The van der Waals surface area contributed by atoms with E-state index in [1.807, 2.05) is 4.57 Å². The van der Waals surface area contributed by atoms with Crippen molar-refractivity contribution in [2.45, 2.75) is 26.5 Å².